The molecule has 3 aromatic carbocycles. The van der Waals surface area contributed by atoms with Gasteiger partial charge < -0.3 is 10.1 Å². The molecule has 142 valence electrons. The summed E-state index contributed by atoms with van der Waals surface area (Å²) in [7, 11) is 0. The van der Waals surface area contributed by atoms with E-state index in [0.29, 0.717) is 0 Å². The molecule has 0 aliphatic carbocycles. The molecular weight excluding hydrogens is 330 g/mol. The lowest BCUT2D eigenvalue weighted by Crippen LogP contribution is -2.14. The third-order valence-electron chi connectivity index (χ3n) is 4.98. The van der Waals surface area contributed by atoms with E-state index in [1.807, 2.05) is 0 Å². The fourth-order valence-electron chi connectivity index (χ4n) is 3.45. The van der Waals surface area contributed by atoms with Crippen LogP contribution in [0.5, 0.6) is 5.75 Å². The normalized spacial score (nSPS) is 11.0. The lowest BCUT2D eigenvalue weighted by molar-refractivity contribution is 0.301. The molecule has 2 heteroatoms. The van der Waals surface area contributed by atoms with Crippen LogP contribution in [0.15, 0.2) is 66.7 Å². The standard InChI is InChI=1S/C25H31NO/c1-2-3-4-5-11-18-27-25-17-16-22-14-9-10-15-23(22)24(25)20-26-19-21-12-7-6-8-13-21/h6-10,12-17,26H,2-5,11,18-20H2,1H3. The monoisotopic (exact) mass is 361 g/mol. The fraction of sp³-hybridized carbons (Fsp3) is 0.360. The highest BCUT2D eigenvalue weighted by atomic mass is 16.5. The fourth-order valence-corrected chi connectivity index (χ4v) is 3.45. The van der Waals surface area contributed by atoms with Crippen LogP contribution in [-0.2, 0) is 13.1 Å². The summed E-state index contributed by atoms with van der Waals surface area (Å²) in [6.07, 6.45) is 6.29. The Morgan fingerprint density at radius 2 is 1.52 bits per heavy atom. The number of fused-ring (bicyclic) bond motifs is 1. The van der Waals surface area contributed by atoms with Crippen LogP contribution in [-0.4, -0.2) is 6.61 Å². The molecule has 3 aromatic rings. The number of hydrogen-bond donors (Lipinski definition) is 1. The first-order valence-corrected chi connectivity index (χ1v) is 10.3. The van der Waals surface area contributed by atoms with E-state index in [2.05, 4.69) is 79.0 Å². The van der Waals surface area contributed by atoms with Crippen LogP contribution in [0.4, 0.5) is 0 Å². The summed E-state index contributed by atoms with van der Waals surface area (Å²) in [5.74, 6) is 1.02. The predicted octanol–water partition coefficient (Wildman–Crippen LogP) is 6.48. The maximum Gasteiger partial charge on any atom is 0.124 e. The Bertz CT molecular complexity index is 813. The lowest BCUT2D eigenvalue weighted by atomic mass is 10.0. The second kappa shape index (κ2) is 10.7. The third-order valence-corrected chi connectivity index (χ3v) is 4.98. The van der Waals surface area contributed by atoms with Crippen molar-refractivity contribution in [2.75, 3.05) is 6.61 Å². The zero-order chi connectivity index (χ0) is 18.7. The average Bonchev–Trinajstić information content (AvgIpc) is 2.72. The van der Waals surface area contributed by atoms with E-state index >= 15 is 0 Å². The van der Waals surface area contributed by atoms with Crippen LogP contribution in [0.3, 0.4) is 0 Å². The molecular formula is C25H31NO. The quantitative estimate of drug-likeness (QED) is 0.395. The van der Waals surface area contributed by atoms with E-state index in [1.165, 1.54) is 47.6 Å². The van der Waals surface area contributed by atoms with Crippen LogP contribution < -0.4 is 10.1 Å². The van der Waals surface area contributed by atoms with Gasteiger partial charge in [0, 0.05) is 18.7 Å². The predicted molar refractivity (Wildman–Crippen MR) is 115 cm³/mol. The third kappa shape index (κ3) is 5.83. The van der Waals surface area contributed by atoms with Gasteiger partial charge >= 0.3 is 0 Å². The lowest BCUT2D eigenvalue weighted by Gasteiger charge is -2.15. The molecule has 0 fully saturated rings. The number of rotatable bonds is 11. The minimum absolute atomic E-state index is 0.799. The molecule has 0 aromatic heterocycles. The van der Waals surface area contributed by atoms with Crippen LogP contribution >= 0.6 is 0 Å². The number of benzene rings is 3. The van der Waals surface area contributed by atoms with Crippen LogP contribution in [0.2, 0.25) is 0 Å². The van der Waals surface area contributed by atoms with Gasteiger partial charge in [-0.05, 0) is 28.8 Å². The van der Waals surface area contributed by atoms with Crippen LogP contribution in [0.1, 0.15) is 50.2 Å². The van der Waals surface area contributed by atoms with E-state index in [9.17, 15) is 0 Å². The SMILES string of the molecule is CCCCCCCOc1ccc2ccccc2c1CNCc1ccccc1. The maximum absolute atomic E-state index is 6.19. The zero-order valence-electron chi connectivity index (χ0n) is 16.4. The van der Waals surface area contributed by atoms with Gasteiger partial charge in [-0.1, -0.05) is 93.3 Å². The maximum atomic E-state index is 6.19. The minimum atomic E-state index is 0.799. The smallest absolute Gasteiger partial charge is 0.124 e. The number of ether oxygens (including phenoxy) is 1. The van der Waals surface area contributed by atoms with Gasteiger partial charge in [-0.2, -0.15) is 0 Å². The largest absolute Gasteiger partial charge is 0.493 e. The number of nitrogens with one attached hydrogen (secondary N) is 1. The Hall–Kier alpha value is -2.32. The van der Waals surface area contributed by atoms with E-state index in [0.717, 1.165) is 31.9 Å². The summed E-state index contributed by atoms with van der Waals surface area (Å²) in [5.41, 5.74) is 2.56. The first-order valence-electron chi connectivity index (χ1n) is 10.3. The summed E-state index contributed by atoms with van der Waals surface area (Å²) in [6.45, 7) is 4.72. The van der Waals surface area contributed by atoms with Crippen molar-refractivity contribution in [3.63, 3.8) is 0 Å². The molecule has 3 rings (SSSR count). The number of unbranched alkanes of at least 4 members (excludes halogenated alkanes) is 4. The highest BCUT2D eigenvalue weighted by Gasteiger charge is 2.09. The Kier molecular flexibility index (Phi) is 7.73. The number of hydrogen-bond acceptors (Lipinski definition) is 2. The van der Waals surface area contributed by atoms with Crippen molar-refractivity contribution in [1.29, 1.82) is 0 Å². The Morgan fingerprint density at radius 1 is 0.741 bits per heavy atom. The molecule has 1 N–H and O–H groups in total. The summed E-state index contributed by atoms with van der Waals surface area (Å²) >= 11 is 0. The average molecular weight is 362 g/mol. The molecule has 0 unspecified atom stereocenters. The molecule has 0 aliphatic heterocycles. The van der Waals surface area contributed by atoms with Crippen molar-refractivity contribution in [2.24, 2.45) is 0 Å². The van der Waals surface area contributed by atoms with Gasteiger partial charge in [0.15, 0.2) is 0 Å². The second-order valence-corrected chi connectivity index (χ2v) is 7.12. The van der Waals surface area contributed by atoms with Crippen molar-refractivity contribution in [3.8, 4) is 5.75 Å². The second-order valence-electron chi connectivity index (χ2n) is 7.12. The van der Waals surface area contributed by atoms with Gasteiger partial charge in [0.25, 0.3) is 0 Å². The molecule has 0 saturated heterocycles. The Labute approximate surface area is 163 Å². The molecule has 27 heavy (non-hydrogen) atoms. The molecule has 0 radical (unpaired) electrons. The van der Waals surface area contributed by atoms with Gasteiger partial charge in [0.1, 0.15) is 5.75 Å². The molecule has 0 spiro atoms. The van der Waals surface area contributed by atoms with Crippen molar-refractivity contribution < 1.29 is 4.74 Å². The van der Waals surface area contributed by atoms with E-state index in [-0.39, 0.29) is 0 Å². The van der Waals surface area contributed by atoms with Gasteiger partial charge in [-0.15, -0.1) is 0 Å². The van der Waals surface area contributed by atoms with Crippen LogP contribution in [0.25, 0.3) is 10.8 Å². The van der Waals surface area contributed by atoms with Crippen molar-refractivity contribution >= 4 is 10.8 Å². The summed E-state index contributed by atoms with van der Waals surface area (Å²) in [4.78, 5) is 0. The Balaban J connectivity index is 1.66. The van der Waals surface area contributed by atoms with Gasteiger partial charge in [-0.25, -0.2) is 0 Å². The Morgan fingerprint density at radius 3 is 2.37 bits per heavy atom. The highest BCUT2D eigenvalue weighted by molar-refractivity contribution is 5.87. The van der Waals surface area contributed by atoms with E-state index in [1.54, 1.807) is 0 Å². The van der Waals surface area contributed by atoms with Crippen molar-refractivity contribution in [3.05, 3.63) is 77.9 Å². The van der Waals surface area contributed by atoms with Crippen molar-refractivity contribution in [2.45, 2.75) is 52.1 Å². The van der Waals surface area contributed by atoms with Gasteiger partial charge in [0.05, 0.1) is 6.61 Å². The molecule has 0 bridgehead atoms. The highest BCUT2D eigenvalue weighted by Crippen LogP contribution is 2.28. The zero-order valence-corrected chi connectivity index (χ0v) is 16.4. The van der Waals surface area contributed by atoms with E-state index < -0.39 is 0 Å². The van der Waals surface area contributed by atoms with E-state index in [4.69, 9.17) is 4.74 Å². The van der Waals surface area contributed by atoms with Crippen LogP contribution in [0, 0.1) is 0 Å². The molecule has 0 atom stereocenters. The first-order chi connectivity index (χ1) is 13.4. The van der Waals surface area contributed by atoms with Gasteiger partial charge in [0.2, 0.25) is 0 Å². The molecule has 0 aliphatic rings. The molecule has 0 saturated carbocycles. The van der Waals surface area contributed by atoms with Gasteiger partial charge in [-0.3, -0.25) is 0 Å². The minimum Gasteiger partial charge on any atom is -0.493 e. The molecule has 0 amide bonds. The molecule has 2 nitrogen and oxygen atoms in total. The summed E-state index contributed by atoms with van der Waals surface area (Å²) in [5, 5.41) is 6.14. The summed E-state index contributed by atoms with van der Waals surface area (Å²) in [6, 6.07) is 23.4. The topological polar surface area (TPSA) is 21.3 Å². The first kappa shape index (κ1) is 19.4. The van der Waals surface area contributed by atoms with Crippen molar-refractivity contribution in [1.82, 2.24) is 5.32 Å². The molecule has 0 heterocycles. The summed E-state index contributed by atoms with van der Waals surface area (Å²) < 4.78 is 6.19.